The SMILES string of the molecule is CSON1c2ccc(Sn3cc4c(n3)CN(C(=O)C(C)(CO)c3ccccn3)C4)cc21. The molecule has 3 aromatic rings. The number of benzene rings is 1. The van der Waals surface area contributed by atoms with E-state index >= 15 is 0 Å². The number of nitrogens with zero attached hydrogens (tertiary/aromatic N) is 5. The van der Waals surface area contributed by atoms with Gasteiger partial charge in [0.15, 0.2) is 0 Å². The smallest absolute Gasteiger partial charge is 0.237 e. The summed E-state index contributed by atoms with van der Waals surface area (Å²) < 4.78 is 7.27. The third kappa shape index (κ3) is 3.59. The Labute approximate surface area is 188 Å². The summed E-state index contributed by atoms with van der Waals surface area (Å²) in [7, 11) is 0. The predicted molar refractivity (Wildman–Crippen MR) is 120 cm³/mol. The molecule has 1 unspecified atom stereocenters. The first-order valence-electron chi connectivity index (χ1n) is 9.76. The van der Waals surface area contributed by atoms with Crippen molar-refractivity contribution in [2.24, 2.45) is 0 Å². The molecule has 0 saturated heterocycles. The van der Waals surface area contributed by atoms with Crippen molar-refractivity contribution >= 4 is 41.3 Å². The molecule has 0 radical (unpaired) electrons. The van der Waals surface area contributed by atoms with Gasteiger partial charge in [0.2, 0.25) is 5.91 Å². The van der Waals surface area contributed by atoms with Gasteiger partial charge in [-0.1, -0.05) is 6.07 Å². The topological polar surface area (TPSA) is 83.5 Å². The number of aromatic nitrogens is 3. The Kier molecular flexibility index (Phi) is 5.17. The first-order valence-corrected chi connectivity index (χ1v) is 11.7. The molecule has 10 heteroatoms. The third-order valence-electron chi connectivity index (χ3n) is 5.55. The van der Waals surface area contributed by atoms with E-state index in [0.29, 0.717) is 18.8 Å². The number of amides is 1. The van der Waals surface area contributed by atoms with Crippen molar-refractivity contribution in [1.82, 2.24) is 19.1 Å². The molecular weight excluding hydrogens is 434 g/mol. The lowest BCUT2D eigenvalue weighted by molar-refractivity contribution is -0.139. The molecule has 0 saturated carbocycles. The van der Waals surface area contributed by atoms with Gasteiger partial charge in [-0.25, -0.2) is 9.15 Å². The maximum Gasteiger partial charge on any atom is 0.237 e. The van der Waals surface area contributed by atoms with E-state index in [2.05, 4.69) is 16.1 Å². The first-order chi connectivity index (χ1) is 15.0. The standard InChI is InChI=1S/C21H21N5O3S2/c1-21(13-27,19-5-3-4-8-22-19)20(28)24-10-14-11-25(23-16(14)12-24)31-15-6-7-17-18(9-15)26(17)29-30-2/h3-9,11,27H,10,12-13H2,1-2H3. The summed E-state index contributed by atoms with van der Waals surface area (Å²) >= 11 is 2.83. The predicted octanol–water partition coefficient (Wildman–Crippen LogP) is 3.29. The number of rotatable bonds is 7. The Morgan fingerprint density at radius 3 is 2.84 bits per heavy atom. The summed E-state index contributed by atoms with van der Waals surface area (Å²) in [5.74, 6) is -0.147. The van der Waals surface area contributed by atoms with Gasteiger partial charge < -0.3 is 10.0 Å². The second-order valence-electron chi connectivity index (χ2n) is 7.65. The number of anilines is 2. The van der Waals surface area contributed by atoms with Crippen LogP contribution in [0.3, 0.4) is 0 Å². The number of aliphatic hydroxyl groups is 1. The average Bonchev–Trinajstić information content (AvgIpc) is 3.11. The molecule has 0 fully saturated rings. The van der Waals surface area contributed by atoms with Crippen LogP contribution in [0.2, 0.25) is 0 Å². The maximum absolute atomic E-state index is 13.2. The summed E-state index contributed by atoms with van der Waals surface area (Å²) in [5, 5.41) is 16.5. The molecule has 1 N–H and O–H groups in total. The minimum absolute atomic E-state index is 0.147. The molecule has 5 rings (SSSR count). The fourth-order valence-corrected chi connectivity index (χ4v) is 4.88. The van der Waals surface area contributed by atoms with Gasteiger partial charge in [-0.05, 0) is 37.3 Å². The highest BCUT2D eigenvalue weighted by Crippen LogP contribution is 2.50. The van der Waals surface area contributed by atoms with Crippen LogP contribution in [0.4, 0.5) is 11.4 Å². The van der Waals surface area contributed by atoms with Gasteiger partial charge in [-0.15, -0.1) is 0 Å². The number of aliphatic hydroxyl groups excluding tert-OH is 1. The lowest BCUT2D eigenvalue weighted by atomic mass is 9.85. The minimum Gasteiger partial charge on any atom is -0.395 e. The van der Waals surface area contributed by atoms with Crippen molar-refractivity contribution in [3.8, 4) is 0 Å². The summed E-state index contributed by atoms with van der Waals surface area (Å²) in [6, 6.07) is 11.5. The fraction of sp³-hybridized carbons (Fsp3) is 0.286. The van der Waals surface area contributed by atoms with E-state index in [9.17, 15) is 9.90 Å². The van der Waals surface area contributed by atoms with E-state index in [-0.39, 0.29) is 12.5 Å². The summed E-state index contributed by atoms with van der Waals surface area (Å²) in [6.45, 7) is 2.32. The van der Waals surface area contributed by atoms with E-state index < -0.39 is 5.41 Å². The summed E-state index contributed by atoms with van der Waals surface area (Å²) in [5.41, 5.74) is 3.52. The molecule has 2 aromatic heterocycles. The molecule has 8 nitrogen and oxygen atoms in total. The average molecular weight is 456 g/mol. The van der Waals surface area contributed by atoms with Crippen molar-refractivity contribution in [2.45, 2.75) is 30.3 Å². The molecule has 0 spiro atoms. The van der Waals surface area contributed by atoms with Crippen molar-refractivity contribution in [1.29, 1.82) is 0 Å². The maximum atomic E-state index is 13.2. The molecule has 4 heterocycles. The van der Waals surface area contributed by atoms with E-state index in [1.807, 2.05) is 34.7 Å². The van der Waals surface area contributed by atoms with Crippen LogP contribution in [0.25, 0.3) is 0 Å². The quantitative estimate of drug-likeness (QED) is 0.429. The molecule has 2 aliphatic heterocycles. The van der Waals surface area contributed by atoms with Crippen LogP contribution in [0, 0.1) is 0 Å². The van der Waals surface area contributed by atoms with Crippen molar-refractivity contribution in [2.75, 3.05) is 17.9 Å². The zero-order valence-electron chi connectivity index (χ0n) is 17.1. The van der Waals surface area contributed by atoms with Crippen LogP contribution in [0.5, 0.6) is 0 Å². The lowest BCUT2D eigenvalue weighted by Gasteiger charge is -2.30. The van der Waals surface area contributed by atoms with Crippen molar-refractivity contribution in [3.05, 3.63) is 65.7 Å². The Morgan fingerprint density at radius 2 is 2.13 bits per heavy atom. The molecule has 0 aliphatic carbocycles. The van der Waals surface area contributed by atoms with Gasteiger partial charge >= 0.3 is 0 Å². The van der Waals surface area contributed by atoms with Crippen LogP contribution in [0.15, 0.2) is 53.7 Å². The van der Waals surface area contributed by atoms with Crippen LogP contribution in [-0.2, 0) is 27.6 Å². The Morgan fingerprint density at radius 1 is 1.26 bits per heavy atom. The second-order valence-corrected chi connectivity index (χ2v) is 9.16. The van der Waals surface area contributed by atoms with Crippen LogP contribution < -0.4 is 5.06 Å². The normalized spacial score (nSPS) is 16.1. The van der Waals surface area contributed by atoms with Crippen LogP contribution in [0.1, 0.15) is 23.9 Å². The molecule has 160 valence electrons. The van der Waals surface area contributed by atoms with E-state index in [1.165, 1.54) is 24.0 Å². The molecule has 1 amide bonds. The van der Waals surface area contributed by atoms with Crippen LogP contribution in [-0.4, -0.2) is 42.9 Å². The number of fused-ring (bicyclic) bond motifs is 2. The number of hydrogen-bond acceptors (Lipinski definition) is 8. The zero-order chi connectivity index (χ0) is 21.6. The highest BCUT2D eigenvalue weighted by Gasteiger charge is 2.41. The van der Waals surface area contributed by atoms with E-state index in [0.717, 1.165) is 27.5 Å². The third-order valence-corrected chi connectivity index (χ3v) is 6.68. The van der Waals surface area contributed by atoms with Crippen molar-refractivity contribution in [3.63, 3.8) is 0 Å². The molecule has 1 aromatic carbocycles. The minimum atomic E-state index is -1.08. The molecule has 0 bridgehead atoms. The summed E-state index contributed by atoms with van der Waals surface area (Å²) in [6.07, 6.45) is 5.48. The number of carbonyl (C=O) groups is 1. The Hall–Kier alpha value is -2.53. The molecule has 31 heavy (non-hydrogen) atoms. The monoisotopic (exact) mass is 455 g/mol. The number of hydrogen-bond donors (Lipinski definition) is 1. The molecule has 1 atom stereocenters. The largest absolute Gasteiger partial charge is 0.395 e. The number of carbonyl (C=O) groups excluding carboxylic acids is 1. The van der Waals surface area contributed by atoms with Gasteiger partial charge in [-0.3, -0.25) is 9.78 Å². The first kappa shape index (κ1) is 20.4. The van der Waals surface area contributed by atoms with Gasteiger partial charge in [0.1, 0.15) is 5.41 Å². The van der Waals surface area contributed by atoms with Gasteiger partial charge in [0, 0.05) is 59.6 Å². The molecule has 2 aliphatic rings. The zero-order valence-corrected chi connectivity index (χ0v) is 18.7. The Balaban J connectivity index is 1.27. The van der Waals surface area contributed by atoms with E-state index in [4.69, 9.17) is 4.28 Å². The summed E-state index contributed by atoms with van der Waals surface area (Å²) in [4.78, 5) is 20.3. The van der Waals surface area contributed by atoms with Gasteiger partial charge in [-0.2, -0.15) is 9.38 Å². The second kappa shape index (κ2) is 7.86. The molecular formula is C21H21N5O3S2. The van der Waals surface area contributed by atoms with Crippen molar-refractivity contribution < 1.29 is 14.2 Å². The fourth-order valence-electron chi connectivity index (χ4n) is 3.74. The Bertz CT molecular complexity index is 1120. The van der Waals surface area contributed by atoms with Crippen LogP contribution >= 0.6 is 24.0 Å². The highest BCUT2D eigenvalue weighted by atomic mass is 32.2. The van der Waals surface area contributed by atoms with Gasteiger partial charge in [0.25, 0.3) is 0 Å². The highest BCUT2D eigenvalue weighted by molar-refractivity contribution is 7.97. The lowest BCUT2D eigenvalue weighted by Crippen LogP contribution is -2.46. The number of pyridine rings is 1. The van der Waals surface area contributed by atoms with E-state index in [1.54, 1.807) is 35.2 Å². The van der Waals surface area contributed by atoms with Gasteiger partial charge in [0.05, 0.1) is 35.9 Å².